The Morgan fingerprint density at radius 2 is 2.16 bits per heavy atom. The van der Waals surface area contributed by atoms with E-state index in [2.05, 4.69) is 67.3 Å². The molecule has 0 aliphatic rings. The lowest BCUT2D eigenvalue weighted by molar-refractivity contribution is 0.594. The van der Waals surface area contributed by atoms with E-state index < -0.39 is 0 Å². The summed E-state index contributed by atoms with van der Waals surface area (Å²) in [7, 11) is 1.99. The van der Waals surface area contributed by atoms with Crippen LogP contribution in [0.1, 0.15) is 29.1 Å². The van der Waals surface area contributed by atoms with Crippen LogP contribution in [0.15, 0.2) is 32.7 Å². The fourth-order valence-electron chi connectivity index (χ4n) is 1.87. The van der Waals surface area contributed by atoms with Crippen molar-refractivity contribution in [3.05, 3.63) is 48.8 Å². The number of nitrogens with zero attached hydrogens (tertiary/aromatic N) is 1. The van der Waals surface area contributed by atoms with Crippen LogP contribution < -0.4 is 5.32 Å². The maximum Gasteiger partial charge on any atom is 0.0843 e. The van der Waals surface area contributed by atoms with Gasteiger partial charge in [-0.3, -0.25) is 4.98 Å². The molecular formula is C14H16Br2N2S. The molecule has 2 rings (SSSR count). The largest absolute Gasteiger partial charge is 0.312 e. The molecule has 5 heteroatoms. The molecule has 0 aliphatic heterocycles. The number of hydrogen-bond donors (Lipinski definition) is 1. The summed E-state index contributed by atoms with van der Waals surface area (Å²) in [5, 5.41) is 3.36. The molecule has 0 fully saturated rings. The molecule has 2 nitrogen and oxygen atoms in total. The second kappa shape index (κ2) is 6.97. The fourth-order valence-corrected chi connectivity index (χ4v) is 4.07. The Hall–Kier alpha value is -0.230. The average Bonchev–Trinajstić information content (AvgIpc) is 2.76. The van der Waals surface area contributed by atoms with E-state index in [1.165, 1.54) is 10.4 Å². The van der Waals surface area contributed by atoms with Crippen LogP contribution in [0, 0.1) is 0 Å². The minimum absolute atomic E-state index is 0.299. The van der Waals surface area contributed by atoms with Gasteiger partial charge in [0.15, 0.2) is 0 Å². The monoisotopic (exact) mass is 402 g/mol. The maximum atomic E-state index is 4.53. The van der Waals surface area contributed by atoms with Gasteiger partial charge in [0.25, 0.3) is 0 Å². The molecule has 0 amide bonds. The lowest BCUT2D eigenvalue weighted by Gasteiger charge is -2.14. The van der Waals surface area contributed by atoms with Crippen molar-refractivity contribution in [2.75, 3.05) is 7.05 Å². The van der Waals surface area contributed by atoms with Gasteiger partial charge in [0, 0.05) is 33.7 Å². The fraction of sp³-hybridized carbons (Fsp3) is 0.357. The van der Waals surface area contributed by atoms with Gasteiger partial charge in [0.1, 0.15) is 0 Å². The molecule has 1 N–H and O–H groups in total. The van der Waals surface area contributed by atoms with E-state index in [1.807, 2.05) is 13.2 Å². The summed E-state index contributed by atoms with van der Waals surface area (Å²) < 4.78 is 2.25. The summed E-state index contributed by atoms with van der Waals surface area (Å²) in [5.41, 5.74) is 2.41. The third-order valence-corrected chi connectivity index (χ3v) is 6.43. The van der Waals surface area contributed by atoms with Gasteiger partial charge in [0.2, 0.25) is 0 Å². The summed E-state index contributed by atoms with van der Waals surface area (Å²) >= 11 is 8.84. The lowest BCUT2D eigenvalue weighted by Crippen LogP contribution is -2.18. The highest BCUT2D eigenvalue weighted by Crippen LogP contribution is 2.36. The smallest absolute Gasteiger partial charge is 0.0843 e. The summed E-state index contributed by atoms with van der Waals surface area (Å²) in [6, 6.07) is 6.75. The second-order valence-corrected chi connectivity index (χ2v) is 7.58. The number of thiophene rings is 1. The molecule has 0 radical (unpaired) electrons. The van der Waals surface area contributed by atoms with E-state index in [4.69, 9.17) is 0 Å². The number of rotatable bonds is 5. The van der Waals surface area contributed by atoms with Gasteiger partial charge in [-0.2, -0.15) is 0 Å². The summed E-state index contributed by atoms with van der Waals surface area (Å²) in [6.07, 6.45) is 3.91. The first-order chi connectivity index (χ1) is 9.13. The Morgan fingerprint density at radius 3 is 2.63 bits per heavy atom. The highest BCUT2D eigenvalue weighted by Gasteiger charge is 2.15. The zero-order valence-electron chi connectivity index (χ0n) is 10.9. The van der Waals surface area contributed by atoms with Gasteiger partial charge in [-0.25, -0.2) is 0 Å². The van der Waals surface area contributed by atoms with Crippen LogP contribution in [0.2, 0.25) is 0 Å². The van der Waals surface area contributed by atoms with Crippen LogP contribution in [-0.2, 0) is 12.8 Å². The first-order valence-corrected chi connectivity index (χ1v) is 8.60. The Kier molecular flexibility index (Phi) is 5.57. The molecule has 2 aromatic heterocycles. The van der Waals surface area contributed by atoms with Crippen LogP contribution in [-0.4, -0.2) is 12.0 Å². The van der Waals surface area contributed by atoms with E-state index in [-0.39, 0.29) is 0 Å². The number of nitrogens with one attached hydrogen (secondary N) is 1. The minimum Gasteiger partial charge on any atom is -0.312 e. The van der Waals surface area contributed by atoms with Crippen LogP contribution in [0.25, 0.3) is 0 Å². The van der Waals surface area contributed by atoms with Crippen molar-refractivity contribution in [2.24, 2.45) is 0 Å². The summed E-state index contributed by atoms with van der Waals surface area (Å²) in [4.78, 5) is 5.84. The third-order valence-electron chi connectivity index (χ3n) is 3.06. The molecule has 2 heterocycles. The predicted molar refractivity (Wildman–Crippen MR) is 88.8 cm³/mol. The Bertz CT molecular complexity index is 517. The molecule has 102 valence electrons. The van der Waals surface area contributed by atoms with E-state index in [1.54, 1.807) is 11.3 Å². The number of hydrogen-bond acceptors (Lipinski definition) is 3. The van der Waals surface area contributed by atoms with Crippen molar-refractivity contribution in [2.45, 2.75) is 25.8 Å². The van der Waals surface area contributed by atoms with Crippen LogP contribution in [0.5, 0.6) is 0 Å². The molecule has 1 atom stereocenters. The van der Waals surface area contributed by atoms with E-state index >= 15 is 0 Å². The molecule has 1 unspecified atom stereocenters. The maximum absolute atomic E-state index is 4.53. The quantitative estimate of drug-likeness (QED) is 0.780. The summed E-state index contributed by atoms with van der Waals surface area (Å²) in [6.45, 7) is 2.15. The molecule has 2 aromatic rings. The molecule has 0 bridgehead atoms. The first-order valence-electron chi connectivity index (χ1n) is 6.19. The number of aromatic nitrogens is 1. The zero-order chi connectivity index (χ0) is 13.8. The number of likely N-dealkylation sites (N-methyl/N-ethyl adjacent to an activating group) is 1. The standard InChI is InChI=1S/C14H16Br2N2S/c1-3-9-4-5-10(18-8-9)6-12(17-2)13-7-11(15)14(16)19-13/h4-5,7-8,12,17H,3,6H2,1-2H3. The third kappa shape index (κ3) is 3.88. The summed E-state index contributed by atoms with van der Waals surface area (Å²) in [5.74, 6) is 0. The van der Waals surface area contributed by atoms with Crippen molar-refractivity contribution < 1.29 is 0 Å². The highest BCUT2D eigenvalue weighted by atomic mass is 79.9. The SMILES string of the molecule is CCc1ccc(CC(NC)c2cc(Br)c(Br)s2)nc1. The number of aryl methyl sites for hydroxylation is 1. The van der Waals surface area contributed by atoms with Crippen molar-refractivity contribution in [1.82, 2.24) is 10.3 Å². The van der Waals surface area contributed by atoms with Crippen molar-refractivity contribution in [3.8, 4) is 0 Å². The Balaban J connectivity index is 2.13. The molecular weight excluding hydrogens is 388 g/mol. The molecule has 0 aromatic carbocycles. The zero-order valence-corrected chi connectivity index (χ0v) is 14.9. The highest BCUT2D eigenvalue weighted by molar-refractivity contribution is 9.13. The minimum atomic E-state index is 0.299. The van der Waals surface area contributed by atoms with Gasteiger partial charge in [0.05, 0.1) is 3.79 Å². The van der Waals surface area contributed by atoms with Crippen LogP contribution >= 0.6 is 43.2 Å². The molecule has 0 saturated heterocycles. The first kappa shape index (κ1) is 15.2. The molecule has 19 heavy (non-hydrogen) atoms. The van der Waals surface area contributed by atoms with E-state index in [0.717, 1.165) is 26.8 Å². The Morgan fingerprint density at radius 1 is 1.37 bits per heavy atom. The molecule has 0 spiro atoms. The number of pyridine rings is 1. The second-order valence-electron chi connectivity index (χ2n) is 4.33. The topological polar surface area (TPSA) is 24.9 Å². The lowest BCUT2D eigenvalue weighted by atomic mass is 10.1. The van der Waals surface area contributed by atoms with Gasteiger partial charge in [-0.1, -0.05) is 13.0 Å². The van der Waals surface area contributed by atoms with Crippen molar-refractivity contribution in [1.29, 1.82) is 0 Å². The number of halogens is 2. The van der Waals surface area contributed by atoms with Gasteiger partial charge >= 0.3 is 0 Å². The van der Waals surface area contributed by atoms with Crippen molar-refractivity contribution in [3.63, 3.8) is 0 Å². The Labute approximate surface area is 134 Å². The van der Waals surface area contributed by atoms with Gasteiger partial charge in [-0.05, 0) is 63.0 Å². The van der Waals surface area contributed by atoms with E-state index in [9.17, 15) is 0 Å². The molecule has 0 saturated carbocycles. The van der Waals surface area contributed by atoms with Gasteiger partial charge < -0.3 is 5.32 Å². The van der Waals surface area contributed by atoms with Crippen LogP contribution in [0.3, 0.4) is 0 Å². The van der Waals surface area contributed by atoms with Crippen LogP contribution in [0.4, 0.5) is 0 Å². The van der Waals surface area contributed by atoms with Crippen molar-refractivity contribution >= 4 is 43.2 Å². The predicted octanol–water partition coefficient (Wildman–Crippen LogP) is 4.73. The van der Waals surface area contributed by atoms with Gasteiger partial charge in [-0.15, -0.1) is 11.3 Å². The van der Waals surface area contributed by atoms with E-state index in [0.29, 0.717) is 6.04 Å². The normalized spacial score (nSPS) is 12.6. The molecule has 0 aliphatic carbocycles. The average molecular weight is 404 g/mol.